The molecule has 5 heteroatoms. The van der Waals surface area contributed by atoms with Gasteiger partial charge >= 0.3 is 0 Å². The molecule has 126 valence electrons. The van der Waals surface area contributed by atoms with Gasteiger partial charge in [-0.25, -0.2) is 4.98 Å². The molecule has 3 rings (SSSR count). The fourth-order valence-corrected chi connectivity index (χ4v) is 5.35. The first-order valence-corrected chi connectivity index (χ1v) is 12.0. The Morgan fingerprint density at radius 1 is 1.35 bits per heavy atom. The van der Waals surface area contributed by atoms with Crippen LogP contribution in [0.15, 0.2) is 29.0 Å². The van der Waals surface area contributed by atoms with E-state index in [0.717, 1.165) is 23.0 Å². The Labute approximate surface area is 148 Å². The first kappa shape index (κ1) is 17.2. The molecular weight excluding hydrogens is 368 g/mol. The summed E-state index contributed by atoms with van der Waals surface area (Å²) in [4.78, 5) is 4.59. The molecule has 0 radical (unpaired) electrons. The summed E-state index contributed by atoms with van der Waals surface area (Å²) >= 11 is 3.49. The van der Waals surface area contributed by atoms with Gasteiger partial charge in [-0.05, 0) is 66.0 Å². The van der Waals surface area contributed by atoms with Crippen molar-refractivity contribution < 1.29 is 4.43 Å². The quantitative estimate of drug-likeness (QED) is 0.604. The van der Waals surface area contributed by atoms with E-state index in [4.69, 9.17) is 4.43 Å². The van der Waals surface area contributed by atoms with Crippen LogP contribution in [-0.2, 0) is 4.43 Å². The molecule has 0 bridgehead atoms. The van der Waals surface area contributed by atoms with Crippen LogP contribution in [0.3, 0.4) is 0 Å². The van der Waals surface area contributed by atoms with Crippen LogP contribution in [0.4, 0.5) is 0 Å². The first-order chi connectivity index (χ1) is 10.5. The van der Waals surface area contributed by atoms with Gasteiger partial charge in [0.15, 0.2) is 8.32 Å². The van der Waals surface area contributed by atoms with E-state index in [-0.39, 0.29) is 10.6 Å². The average molecular weight is 395 g/mol. The fourth-order valence-electron chi connectivity index (χ4n) is 3.30. The van der Waals surface area contributed by atoms with Gasteiger partial charge in [0.1, 0.15) is 5.65 Å². The van der Waals surface area contributed by atoms with Crippen molar-refractivity contribution in [2.75, 3.05) is 0 Å². The van der Waals surface area contributed by atoms with Gasteiger partial charge in [0.05, 0.1) is 5.60 Å². The third-order valence-corrected chi connectivity index (χ3v) is 10.6. The minimum atomic E-state index is -1.72. The highest BCUT2D eigenvalue weighted by atomic mass is 79.9. The van der Waals surface area contributed by atoms with Gasteiger partial charge in [0.2, 0.25) is 0 Å². The van der Waals surface area contributed by atoms with Crippen LogP contribution in [0.25, 0.3) is 11.0 Å². The predicted molar refractivity (Wildman–Crippen MR) is 102 cm³/mol. The van der Waals surface area contributed by atoms with Crippen molar-refractivity contribution in [2.24, 2.45) is 0 Å². The maximum atomic E-state index is 6.68. The Hall–Kier alpha value is -0.653. The first-order valence-electron chi connectivity index (χ1n) is 8.33. The van der Waals surface area contributed by atoms with Crippen molar-refractivity contribution in [1.29, 1.82) is 0 Å². The summed E-state index contributed by atoms with van der Waals surface area (Å²) in [5.41, 5.74) is 1.09. The lowest BCUT2D eigenvalue weighted by Crippen LogP contribution is -2.54. The molecule has 0 spiro atoms. The lowest BCUT2D eigenvalue weighted by molar-refractivity contribution is -0.0377. The molecule has 0 aliphatic heterocycles. The average Bonchev–Trinajstić information content (AvgIpc) is 2.76. The highest BCUT2D eigenvalue weighted by Gasteiger charge is 2.49. The van der Waals surface area contributed by atoms with Crippen molar-refractivity contribution in [3.8, 4) is 0 Å². The molecule has 1 saturated carbocycles. The summed E-state index contributed by atoms with van der Waals surface area (Å²) in [5, 5.41) is 1.45. The van der Waals surface area contributed by atoms with E-state index in [1.54, 1.807) is 0 Å². The van der Waals surface area contributed by atoms with Gasteiger partial charge in [0, 0.05) is 28.3 Å². The van der Waals surface area contributed by atoms with E-state index in [1.165, 1.54) is 5.39 Å². The van der Waals surface area contributed by atoms with Crippen LogP contribution in [0, 0.1) is 0 Å². The van der Waals surface area contributed by atoms with Crippen LogP contribution in [0.5, 0.6) is 0 Å². The number of pyridine rings is 1. The molecule has 1 aliphatic rings. The number of hydrogen-bond acceptors (Lipinski definition) is 2. The SMILES string of the molecule is CC(C)(C)[Si](C)(C)O[C@]1(C)C[C@H](n2ccc3cc(Br)cnc32)C1. The Kier molecular flexibility index (Phi) is 4.05. The highest BCUT2D eigenvalue weighted by Crippen LogP contribution is 2.49. The minimum Gasteiger partial charge on any atom is -0.411 e. The molecule has 1 fully saturated rings. The lowest BCUT2D eigenvalue weighted by Gasteiger charge is -2.52. The zero-order valence-electron chi connectivity index (χ0n) is 15.0. The summed E-state index contributed by atoms with van der Waals surface area (Å²) in [5.74, 6) is 0. The van der Waals surface area contributed by atoms with Crippen LogP contribution in [0.1, 0.15) is 46.6 Å². The van der Waals surface area contributed by atoms with Crippen molar-refractivity contribution in [2.45, 2.75) is 70.3 Å². The zero-order chi connectivity index (χ0) is 17.0. The van der Waals surface area contributed by atoms with E-state index in [9.17, 15) is 0 Å². The molecule has 2 aromatic rings. The Bertz CT molecular complexity index is 726. The third-order valence-electron chi connectivity index (χ3n) is 5.56. The van der Waals surface area contributed by atoms with Gasteiger partial charge in [-0.1, -0.05) is 20.8 Å². The smallest absolute Gasteiger partial charge is 0.192 e. The summed E-state index contributed by atoms with van der Waals surface area (Å²) < 4.78 is 10.0. The van der Waals surface area contributed by atoms with E-state index < -0.39 is 8.32 Å². The van der Waals surface area contributed by atoms with Crippen LogP contribution >= 0.6 is 15.9 Å². The molecule has 3 nitrogen and oxygen atoms in total. The fraction of sp³-hybridized carbons (Fsp3) is 0.611. The molecule has 2 heterocycles. The Balaban J connectivity index is 1.75. The van der Waals surface area contributed by atoms with Crippen molar-refractivity contribution >= 4 is 35.3 Å². The second kappa shape index (κ2) is 5.43. The van der Waals surface area contributed by atoms with Gasteiger partial charge in [-0.15, -0.1) is 0 Å². The predicted octanol–water partition coefficient (Wildman–Crippen LogP) is 5.91. The zero-order valence-corrected chi connectivity index (χ0v) is 17.6. The number of nitrogens with zero attached hydrogens (tertiary/aromatic N) is 2. The lowest BCUT2D eigenvalue weighted by atomic mass is 9.77. The number of aromatic nitrogens is 2. The molecule has 0 amide bonds. The molecule has 0 unspecified atom stereocenters. The third kappa shape index (κ3) is 3.15. The van der Waals surface area contributed by atoms with Gasteiger partial charge in [-0.2, -0.15) is 0 Å². The second-order valence-corrected chi connectivity index (χ2v) is 14.3. The molecule has 0 atom stereocenters. The molecular formula is C18H27BrN2OSi. The monoisotopic (exact) mass is 394 g/mol. The summed E-state index contributed by atoms with van der Waals surface area (Å²) in [6.45, 7) is 13.9. The Morgan fingerprint density at radius 2 is 2.00 bits per heavy atom. The van der Waals surface area contributed by atoms with Crippen LogP contribution in [-0.4, -0.2) is 23.5 Å². The summed E-state index contributed by atoms with van der Waals surface area (Å²) in [6.07, 6.45) is 6.19. The van der Waals surface area contributed by atoms with E-state index in [1.807, 2.05) is 6.20 Å². The number of halogens is 1. The minimum absolute atomic E-state index is 0.0135. The van der Waals surface area contributed by atoms with Crippen LogP contribution in [0.2, 0.25) is 18.1 Å². The molecule has 1 aliphatic carbocycles. The van der Waals surface area contributed by atoms with Crippen molar-refractivity contribution in [3.63, 3.8) is 0 Å². The van der Waals surface area contributed by atoms with E-state index in [0.29, 0.717) is 6.04 Å². The molecule has 2 aromatic heterocycles. The van der Waals surface area contributed by atoms with Crippen LogP contribution < -0.4 is 0 Å². The number of rotatable bonds is 3. The van der Waals surface area contributed by atoms with E-state index in [2.05, 4.69) is 84.6 Å². The summed E-state index contributed by atoms with van der Waals surface area (Å²) in [7, 11) is -1.72. The Morgan fingerprint density at radius 3 is 2.61 bits per heavy atom. The molecule has 0 saturated heterocycles. The topological polar surface area (TPSA) is 27.1 Å². The van der Waals surface area contributed by atoms with Gasteiger partial charge in [-0.3, -0.25) is 0 Å². The van der Waals surface area contributed by atoms with Gasteiger partial charge in [0.25, 0.3) is 0 Å². The molecule has 0 aromatic carbocycles. The molecule has 0 N–H and O–H groups in total. The van der Waals surface area contributed by atoms with Gasteiger partial charge < -0.3 is 8.99 Å². The van der Waals surface area contributed by atoms with Crippen molar-refractivity contribution in [3.05, 3.63) is 29.0 Å². The largest absolute Gasteiger partial charge is 0.411 e. The number of fused-ring (bicyclic) bond motifs is 1. The van der Waals surface area contributed by atoms with Crippen molar-refractivity contribution in [1.82, 2.24) is 9.55 Å². The normalized spacial score (nSPS) is 25.6. The maximum Gasteiger partial charge on any atom is 0.192 e. The molecule has 23 heavy (non-hydrogen) atoms. The number of hydrogen-bond donors (Lipinski definition) is 0. The second-order valence-electron chi connectivity index (χ2n) is 8.66. The van der Waals surface area contributed by atoms with E-state index >= 15 is 0 Å². The standard InChI is InChI=1S/C18H27BrN2OSi/c1-17(2,3)23(5,6)22-18(4)10-15(11-18)21-8-7-13-9-14(19)12-20-16(13)21/h7-9,12,15H,10-11H2,1-6H3/t15-,18+. The maximum absolute atomic E-state index is 6.68. The highest BCUT2D eigenvalue weighted by molar-refractivity contribution is 9.10. The summed E-state index contributed by atoms with van der Waals surface area (Å²) in [6, 6.07) is 4.77.